The van der Waals surface area contributed by atoms with Crippen LogP contribution in [0.3, 0.4) is 0 Å². The van der Waals surface area contributed by atoms with Crippen molar-refractivity contribution in [3.05, 3.63) is 0 Å². The summed E-state index contributed by atoms with van der Waals surface area (Å²) in [5.41, 5.74) is 0. The average molecular weight is 271 g/mol. The second-order valence-electron chi connectivity index (χ2n) is 5.16. The first-order chi connectivity index (χ1) is 8.84. The zero-order valence-corrected chi connectivity index (χ0v) is 11.9. The van der Waals surface area contributed by atoms with Crippen molar-refractivity contribution < 1.29 is 4.79 Å². The SMILES string of the molecule is O=C(CSC1CCNCC1)NCCN1CCCC1. The number of amides is 1. The maximum Gasteiger partial charge on any atom is 0.230 e. The molecule has 2 aliphatic rings. The molecule has 18 heavy (non-hydrogen) atoms. The Labute approximate surface area is 114 Å². The van der Waals surface area contributed by atoms with Crippen LogP contribution in [0.15, 0.2) is 0 Å². The number of thioether (sulfide) groups is 1. The van der Waals surface area contributed by atoms with Gasteiger partial charge in [-0.1, -0.05) is 0 Å². The fourth-order valence-corrected chi connectivity index (χ4v) is 3.62. The summed E-state index contributed by atoms with van der Waals surface area (Å²) in [6, 6.07) is 0. The van der Waals surface area contributed by atoms with E-state index in [2.05, 4.69) is 15.5 Å². The quantitative estimate of drug-likeness (QED) is 0.746. The number of piperidine rings is 1. The lowest BCUT2D eigenvalue weighted by atomic mass is 10.2. The molecule has 0 atom stereocenters. The van der Waals surface area contributed by atoms with Gasteiger partial charge >= 0.3 is 0 Å². The van der Waals surface area contributed by atoms with Gasteiger partial charge in [0, 0.05) is 18.3 Å². The predicted molar refractivity (Wildman–Crippen MR) is 77.0 cm³/mol. The van der Waals surface area contributed by atoms with Gasteiger partial charge in [0.25, 0.3) is 0 Å². The lowest BCUT2D eigenvalue weighted by Crippen LogP contribution is -2.35. The monoisotopic (exact) mass is 271 g/mol. The number of nitrogens with zero attached hydrogens (tertiary/aromatic N) is 1. The average Bonchev–Trinajstić information content (AvgIpc) is 2.91. The zero-order valence-electron chi connectivity index (χ0n) is 11.1. The molecule has 2 saturated heterocycles. The Bertz CT molecular complexity index is 251. The van der Waals surface area contributed by atoms with Gasteiger partial charge in [-0.05, 0) is 51.9 Å². The molecule has 2 heterocycles. The molecule has 1 amide bonds. The van der Waals surface area contributed by atoms with Crippen molar-refractivity contribution in [2.24, 2.45) is 0 Å². The van der Waals surface area contributed by atoms with E-state index in [0.29, 0.717) is 11.0 Å². The molecule has 104 valence electrons. The van der Waals surface area contributed by atoms with Crippen LogP contribution in [-0.4, -0.2) is 61.1 Å². The van der Waals surface area contributed by atoms with Gasteiger partial charge in [0.05, 0.1) is 5.75 Å². The van der Waals surface area contributed by atoms with E-state index >= 15 is 0 Å². The number of carbonyl (C=O) groups excluding carboxylic acids is 1. The molecule has 4 nitrogen and oxygen atoms in total. The van der Waals surface area contributed by atoms with E-state index in [4.69, 9.17) is 0 Å². The summed E-state index contributed by atoms with van der Waals surface area (Å²) >= 11 is 1.82. The van der Waals surface area contributed by atoms with Crippen LogP contribution in [0.5, 0.6) is 0 Å². The fraction of sp³-hybridized carbons (Fsp3) is 0.923. The number of nitrogens with one attached hydrogen (secondary N) is 2. The van der Waals surface area contributed by atoms with Crippen LogP contribution in [0.2, 0.25) is 0 Å². The van der Waals surface area contributed by atoms with Crippen LogP contribution in [0, 0.1) is 0 Å². The number of rotatable bonds is 6. The predicted octanol–water partition coefficient (Wildman–Crippen LogP) is 0.684. The molecule has 2 N–H and O–H groups in total. The summed E-state index contributed by atoms with van der Waals surface area (Å²) in [7, 11) is 0. The highest BCUT2D eigenvalue weighted by molar-refractivity contribution is 8.00. The lowest BCUT2D eigenvalue weighted by Gasteiger charge is -2.21. The first-order valence-electron chi connectivity index (χ1n) is 7.16. The van der Waals surface area contributed by atoms with Crippen LogP contribution in [0.25, 0.3) is 0 Å². The minimum atomic E-state index is 0.206. The van der Waals surface area contributed by atoms with E-state index in [1.54, 1.807) is 0 Å². The van der Waals surface area contributed by atoms with Crippen LogP contribution in [-0.2, 0) is 4.79 Å². The maximum absolute atomic E-state index is 11.7. The molecule has 0 unspecified atom stereocenters. The zero-order chi connectivity index (χ0) is 12.6. The summed E-state index contributed by atoms with van der Waals surface area (Å²) in [5.74, 6) is 0.836. The summed E-state index contributed by atoms with van der Waals surface area (Å²) in [5, 5.41) is 7.06. The molecule has 2 aliphatic heterocycles. The van der Waals surface area contributed by atoms with Crippen molar-refractivity contribution in [2.45, 2.75) is 30.9 Å². The first-order valence-corrected chi connectivity index (χ1v) is 8.21. The van der Waals surface area contributed by atoms with E-state index in [9.17, 15) is 4.79 Å². The molecule has 2 rings (SSSR count). The molecule has 0 aromatic carbocycles. The summed E-state index contributed by atoms with van der Waals surface area (Å²) in [4.78, 5) is 14.1. The van der Waals surface area contributed by atoms with Crippen LogP contribution >= 0.6 is 11.8 Å². The number of carbonyl (C=O) groups is 1. The van der Waals surface area contributed by atoms with E-state index in [1.165, 1.54) is 38.8 Å². The molecule has 5 heteroatoms. The van der Waals surface area contributed by atoms with E-state index in [1.807, 2.05) is 11.8 Å². The smallest absolute Gasteiger partial charge is 0.230 e. The standard InChI is InChI=1S/C13H25N3OS/c17-13(11-18-12-3-5-14-6-4-12)15-7-10-16-8-1-2-9-16/h12,14H,1-11H2,(H,15,17). The van der Waals surface area contributed by atoms with Gasteiger partial charge in [-0.25, -0.2) is 0 Å². The minimum absolute atomic E-state index is 0.206. The molecule has 0 radical (unpaired) electrons. The third-order valence-corrected chi connectivity index (χ3v) is 5.06. The van der Waals surface area contributed by atoms with E-state index in [0.717, 1.165) is 26.2 Å². The summed E-state index contributed by atoms with van der Waals surface area (Å²) in [6.07, 6.45) is 5.04. The normalized spacial score (nSPS) is 22.2. The Morgan fingerprint density at radius 3 is 2.72 bits per heavy atom. The first kappa shape index (κ1) is 14.2. The van der Waals surface area contributed by atoms with Gasteiger partial charge in [-0.2, -0.15) is 0 Å². The topological polar surface area (TPSA) is 44.4 Å². The van der Waals surface area contributed by atoms with Crippen molar-refractivity contribution >= 4 is 17.7 Å². The van der Waals surface area contributed by atoms with Gasteiger partial charge in [0.2, 0.25) is 5.91 Å². The van der Waals surface area contributed by atoms with Gasteiger partial charge in [-0.3, -0.25) is 4.79 Å². The Hall–Kier alpha value is -0.260. The largest absolute Gasteiger partial charge is 0.354 e. The number of likely N-dealkylation sites (tertiary alicyclic amines) is 1. The molecule has 2 fully saturated rings. The van der Waals surface area contributed by atoms with Gasteiger partial charge < -0.3 is 15.5 Å². The number of hydrogen-bond acceptors (Lipinski definition) is 4. The Morgan fingerprint density at radius 1 is 1.28 bits per heavy atom. The molecule has 0 bridgehead atoms. The molecule has 0 aromatic heterocycles. The van der Waals surface area contributed by atoms with E-state index in [-0.39, 0.29) is 5.91 Å². The Kier molecular flexibility index (Phi) is 6.31. The number of hydrogen-bond donors (Lipinski definition) is 2. The molecular weight excluding hydrogens is 246 g/mol. The third-order valence-electron chi connectivity index (χ3n) is 3.69. The van der Waals surface area contributed by atoms with Crippen molar-refractivity contribution in [3.8, 4) is 0 Å². The highest BCUT2D eigenvalue weighted by Gasteiger charge is 2.15. The lowest BCUT2D eigenvalue weighted by molar-refractivity contribution is -0.118. The van der Waals surface area contributed by atoms with Gasteiger partial charge in [0.1, 0.15) is 0 Å². The summed E-state index contributed by atoms with van der Waals surface area (Å²) < 4.78 is 0. The molecule has 0 saturated carbocycles. The molecule has 0 aromatic rings. The second-order valence-corrected chi connectivity index (χ2v) is 6.45. The third kappa shape index (κ3) is 5.16. The second kappa shape index (κ2) is 8.02. The van der Waals surface area contributed by atoms with Crippen molar-refractivity contribution in [3.63, 3.8) is 0 Å². The highest BCUT2D eigenvalue weighted by Crippen LogP contribution is 2.19. The van der Waals surface area contributed by atoms with Gasteiger partial charge in [-0.15, -0.1) is 11.8 Å². The van der Waals surface area contributed by atoms with Crippen molar-refractivity contribution in [1.82, 2.24) is 15.5 Å². The van der Waals surface area contributed by atoms with Crippen LogP contribution < -0.4 is 10.6 Å². The Morgan fingerprint density at radius 2 is 2.00 bits per heavy atom. The molecular formula is C13H25N3OS. The minimum Gasteiger partial charge on any atom is -0.354 e. The Balaban J connectivity index is 1.49. The molecule has 0 spiro atoms. The van der Waals surface area contributed by atoms with Gasteiger partial charge in [0.15, 0.2) is 0 Å². The van der Waals surface area contributed by atoms with Crippen LogP contribution in [0.4, 0.5) is 0 Å². The summed E-state index contributed by atoms with van der Waals surface area (Å²) in [6.45, 7) is 6.46. The van der Waals surface area contributed by atoms with Crippen LogP contribution in [0.1, 0.15) is 25.7 Å². The van der Waals surface area contributed by atoms with Crippen molar-refractivity contribution in [2.75, 3.05) is 45.0 Å². The van der Waals surface area contributed by atoms with E-state index < -0.39 is 0 Å². The fourth-order valence-electron chi connectivity index (χ4n) is 2.57. The van der Waals surface area contributed by atoms with Crippen molar-refractivity contribution in [1.29, 1.82) is 0 Å². The maximum atomic E-state index is 11.7. The highest BCUT2D eigenvalue weighted by atomic mass is 32.2. The molecule has 0 aliphatic carbocycles.